The van der Waals surface area contributed by atoms with Gasteiger partial charge in [0, 0.05) is 18.5 Å². The van der Waals surface area contributed by atoms with Crippen LogP contribution in [-0.4, -0.2) is 61.9 Å². The van der Waals surface area contributed by atoms with Gasteiger partial charge in [0.2, 0.25) is 5.91 Å². The lowest BCUT2D eigenvalue weighted by Crippen LogP contribution is -2.49. The fourth-order valence-corrected chi connectivity index (χ4v) is 4.18. The summed E-state index contributed by atoms with van der Waals surface area (Å²) in [5.74, 6) is -0.480. The van der Waals surface area contributed by atoms with Crippen LogP contribution < -0.4 is 16.4 Å². The minimum absolute atomic E-state index is 0.0206. The van der Waals surface area contributed by atoms with E-state index in [0.29, 0.717) is 23.6 Å². The number of benzene rings is 1. The van der Waals surface area contributed by atoms with Crippen LogP contribution in [0.5, 0.6) is 0 Å². The summed E-state index contributed by atoms with van der Waals surface area (Å²) in [7, 11) is 1.21. The SMILES string of the molecule is COC(=O)[C@H](CNC(=O)CC1CC(c2ccc(C(=N)N)cc2)=NO1)NC(=O)OCCC1CCCC1. The first-order chi connectivity index (χ1) is 16.9. The van der Waals surface area contributed by atoms with E-state index in [-0.39, 0.29) is 31.3 Å². The van der Waals surface area contributed by atoms with Crippen LogP contribution >= 0.6 is 0 Å². The first-order valence-corrected chi connectivity index (χ1v) is 11.8. The summed E-state index contributed by atoms with van der Waals surface area (Å²) >= 11 is 0. The Morgan fingerprint density at radius 1 is 1.23 bits per heavy atom. The number of hydrogen-bond donors (Lipinski definition) is 4. The van der Waals surface area contributed by atoms with E-state index in [2.05, 4.69) is 15.8 Å². The molecule has 0 bridgehead atoms. The van der Waals surface area contributed by atoms with Crippen molar-refractivity contribution >= 4 is 29.5 Å². The van der Waals surface area contributed by atoms with Crippen molar-refractivity contribution in [2.45, 2.75) is 57.1 Å². The second-order valence-corrected chi connectivity index (χ2v) is 8.76. The number of methoxy groups -OCH3 is 1. The van der Waals surface area contributed by atoms with E-state index in [9.17, 15) is 14.4 Å². The Bertz CT molecular complexity index is 942. The predicted octanol–water partition coefficient (Wildman–Crippen LogP) is 1.82. The topological polar surface area (TPSA) is 165 Å². The first kappa shape index (κ1) is 26.0. The number of amides is 2. The van der Waals surface area contributed by atoms with Gasteiger partial charge in [0.15, 0.2) is 0 Å². The molecule has 1 aliphatic heterocycles. The van der Waals surface area contributed by atoms with Crippen LogP contribution in [-0.2, 0) is 23.9 Å². The van der Waals surface area contributed by atoms with E-state index in [4.69, 9.17) is 25.5 Å². The molecule has 0 saturated heterocycles. The average Bonchev–Trinajstić information content (AvgIpc) is 3.53. The van der Waals surface area contributed by atoms with Crippen molar-refractivity contribution in [3.05, 3.63) is 35.4 Å². The van der Waals surface area contributed by atoms with Crippen LogP contribution in [0.3, 0.4) is 0 Å². The molecule has 11 heteroatoms. The third-order valence-electron chi connectivity index (χ3n) is 6.19. The van der Waals surface area contributed by atoms with Crippen molar-refractivity contribution in [2.75, 3.05) is 20.3 Å². The zero-order valence-corrected chi connectivity index (χ0v) is 19.9. The number of rotatable bonds is 11. The molecule has 1 saturated carbocycles. The molecule has 0 aromatic heterocycles. The number of carbonyl (C=O) groups excluding carboxylic acids is 3. The van der Waals surface area contributed by atoms with Crippen LogP contribution in [0.1, 0.15) is 56.1 Å². The molecule has 2 amide bonds. The van der Waals surface area contributed by atoms with Gasteiger partial charge in [-0.25, -0.2) is 9.59 Å². The molecule has 0 spiro atoms. The van der Waals surface area contributed by atoms with Crippen molar-refractivity contribution in [1.29, 1.82) is 5.41 Å². The van der Waals surface area contributed by atoms with Crippen LogP contribution in [0.4, 0.5) is 4.79 Å². The molecule has 2 aliphatic rings. The van der Waals surface area contributed by atoms with Gasteiger partial charge in [-0.15, -0.1) is 0 Å². The number of oxime groups is 1. The Morgan fingerprint density at radius 2 is 1.94 bits per heavy atom. The number of nitrogens with two attached hydrogens (primary N) is 1. The highest BCUT2D eigenvalue weighted by molar-refractivity contribution is 6.02. The lowest BCUT2D eigenvalue weighted by atomic mass is 10.0. The molecule has 5 N–H and O–H groups in total. The van der Waals surface area contributed by atoms with Gasteiger partial charge in [-0.3, -0.25) is 10.2 Å². The first-order valence-electron chi connectivity index (χ1n) is 11.8. The second kappa shape index (κ2) is 12.7. The van der Waals surface area contributed by atoms with Crippen LogP contribution in [0.25, 0.3) is 0 Å². The molecule has 35 heavy (non-hydrogen) atoms. The van der Waals surface area contributed by atoms with Crippen LogP contribution in [0, 0.1) is 11.3 Å². The number of nitrogens with zero attached hydrogens (tertiary/aromatic N) is 1. The van der Waals surface area contributed by atoms with Crippen molar-refractivity contribution in [3.8, 4) is 0 Å². The normalized spacial score (nSPS) is 18.2. The lowest BCUT2D eigenvalue weighted by Gasteiger charge is -2.18. The molecule has 3 rings (SSSR count). The second-order valence-electron chi connectivity index (χ2n) is 8.76. The third kappa shape index (κ3) is 7.97. The highest BCUT2D eigenvalue weighted by Crippen LogP contribution is 2.27. The van der Waals surface area contributed by atoms with Crippen molar-refractivity contribution in [3.63, 3.8) is 0 Å². The van der Waals surface area contributed by atoms with Crippen molar-refractivity contribution in [1.82, 2.24) is 10.6 Å². The van der Waals surface area contributed by atoms with E-state index < -0.39 is 24.2 Å². The Balaban J connectivity index is 1.40. The van der Waals surface area contributed by atoms with Gasteiger partial charge < -0.3 is 30.7 Å². The molecule has 1 aliphatic carbocycles. The fraction of sp³-hybridized carbons (Fsp3) is 0.542. The number of ether oxygens (including phenoxy) is 2. The number of hydrogen-bond acceptors (Lipinski definition) is 8. The van der Waals surface area contributed by atoms with E-state index in [0.717, 1.165) is 24.8 Å². The smallest absolute Gasteiger partial charge is 0.407 e. The molecule has 2 atom stereocenters. The summed E-state index contributed by atoms with van der Waals surface area (Å²) in [6.07, 6.45) is 4.83. The van der Waals surface area contributed by atoms with E-state index in [1.165, 1.54) is 20.0 Å². The largest absolute Gasteiger partial charge is 0.467 e. The van der Waals surface area contributed by atoms with Gasteiger partial charge in [-0.1, -0.05) is 55.1 Å². The maximum atomic E-state index is 12.4. The Morgan fingerprint density at radius 3 is 2.60 bits per heavy atom. The fourth-order valence-electron chi connectivity index (χ4n) is 4.18. The minimum Gasteiger partial charge on any atom is -0.467 e. The summed E-state index contributed by atoms with van der Waals surface area (Å²) < 4.78 is 9.92. The zero-order chi connectivity index (χ0) is 25.2. The number of alkyl carbamates (subject to hydrolysis) is 1. The minimum atomic E-state index is -1.07. The molecule has 1 heterocycles. The molecule has 0 radical (unpaired) electrons. The Labute approximate surface area is 204 Å². The molecule has 1 aromatic carbocycles. The maximum Gasteiger partial charge on any atom is 0.407 e. The molecule has 1 aromatic rings. The molecular formula is C24H33N5O6. The number of amidine groups is 1. The summed E-state index contributed by atoms with van der Waals surface area (Å²) in [6.45, 7) is 0.145. The molecule has 1 unspecified atom stereocenters. The van der Waals surface area contributed by atoms with Crippen molar-refractivity contribution in [2.24, 2.45) is 16.8 Å². The van der Waals surface area contributed by atoms with Gasteiger partial charge in [0.25, 0.3) is 0 Å². The Kier molecular flexibility index (Phi) is 9.45. The number of nitrogen functional groups attached to an aromatic ring is 1. The quantitative estimate of drug-likeness (QED) is 0.210. The summed E-state index contributed by atoms with van der Waals surface area (Å²) in [6, 6.07) is 5.96. The highest BCUT2D eigenvalue weighted by Gasteiger charge is 2.27. The van der Waals surface area contributed by atoms with Crippen LogP contribution in [0.15, 0.2) is 29.4 Å². The van der Waals surface area contributed by atoms with Gasteiger partial charge in [-0.2, -0.15) is 0 Å². The Hall–Kier alpha value is -3.63. The van der Waals surface area contributed by atoms with Crippen LogP contribution in [0.2, 0.25) is 0 Å². The van der Waals surface area contributed by atoms with Gasteiger partial charge in [0.1, 0.15) is 18.0 Å². The third-order valence-corrected chi connectivity index (χ3v) is 6.19. The predicted molar refractivity (Wildman–Crippen MR) is 128 cm³/mol. The standard InChI is InChI=1S/C24H33N5O6/c1-33-23(31)20(28-24(32)34-11-10-15-4-2-3-5-15)14-27-21(30)13-18-12-19(29-35-18)16-6-8-17(9-7-16)22(25)26/h6-9,15,18,20H,2-5,10-14H2,1H3,(H3,25,26)(H,27,30)(H,28,32)/t18?,20-/m0/s1. The average molecular weight is 488 g/mol. The van der Waals surface area contributed by atoms with Gasteiger partial charge >= 0.3 is 12.1 Å². The highest BCUT2D eigenvalue weighted by atomic mass is 16.6. The summed E-state index contributed by atoms with van der Waals surface area (Å²) in [4.78, 5) is 41.9. The van der Waals surface area contributed by atoms with Crippen molar-refractivity contribution < 1.29 is 28.7 Å². The summed E-state index contributed by atoms with van der Waals surface area (Å²) in [5.41, 5.74) is 7.58. The number of carbonyl (C=O) groups is 3. The number of nitrogens with one attached hydrogen (secondary N) is 3. The van der Waals surface area contributed by atoms with Gasteiger partial charge in [-0.05, 0) is 17.9 Å². The van der Waals surface area contributed by atoms with E-state index >= 15 is 0 Å². The zero-order valence-electron chi connectivity index (χ0n) is 19.9. The molecule has 1 fully saturated rings. The lowest BCUT2D eigenvalue weighted by molar-refractivity contribution is -0.143. The molecule has 190 valence electrons. The number of esters is 1. The van der Waals surface area contributed by atoms with E-state index in [1.54, 1.807) is 24.3 Å². The summed E-state index contributed by atoms with van der Waals surface area (Å²) in [5, 5.41) is 16.6. The molecule has 11 nitrogen and oxygen atoms in total. The monoisotopic (exact) mass is 487 g/mol. The maximum absolute atomic E-state index is 12.4. The van der Waals surface area contributed by atoms with Gasteiger partial charge in [0.05, 0.1) is 25.8 Å². The molecular weight excluding hydrogens is 454 g/mol. The van der Waals surface area contributed by atoms with E-state index in [1.807, 2.05) is 0 Å².